The van der Waals surface area contributed by atoms with Crippen molar-refractivity contribution in [2.45, 2.75) is 32.9 Å². The zero-order chi connectivity index (χ0) is 13.5. The first-order valence-electron chi connectivity index (χ1n) is 5.93. The molecule has 0 spiro atoms. The molecule has 18 heavy (non-hydrogen) atoms. The Balaban J connectivity index is 2.27. The number of rotatable bonds is 6. The van der Waals surface area contributed by atoms with Crippen molar-refractivity contribution >= 4 is 21.8 Å². The van der Waals surface area contributed by atoms with Crippen molar-refractivity contribution in [3.8, 4) is 0 Å². The van der Waals surface area contributed by atoms with Crippen LogP contribution in [0.5, 0.6) is 0 Å². The van der Waals surface area contributed by atoms with Gasteiger partial charge in [-0.1, -0.05) is 22.0 Å². The number of halogens is 2. The van der Waals surface area contributed by atoms with Crippen LogP contribution in [0.25, 0.3) is 0 Å². The van der Waals surface area contributed by atoms with Crippen LogP contribution in [-0.2, 0) is 11.3 Å². The number of carbonyl (C=O) groups excluding carboxylic acids is 1. The summed E-state index contributed by atoms with van der Waals surface area (Å²) >= 11 is 3.30. The van der Waals surface area contributed by atoms with E-state index in [1.807, 2.05) is 13.8 Å². The summed E-state index contributed by atoms with van der Waals surface area (Å²) in [5.74, 6) is -0.224. The molecular weight excluding hydrogens is 299 g/mol. The Morgan fingerprint density at radius 3 is 2.78 bits per heavy atom. The second-order valence-corrected chi connectivity index (χ2v) is 5.24. The van der Waals surface area contributed by atoms with E-state index in [0.29, 0.717) is 19.5 Å². The molecule has 0 aliphatic heterocycles. The highest BCUT2D eigenvalue weighted by Crippen LogP contribution is 2.17. The van der Waals surface area contributed by atoms with Gasteiger partial charge < -0.3 is 10.6 Å². The molecule has 0 fully saturated rings. The average molecular weight is 317 g/mol. The molecule has 0 aliphatic carbocycles. The van der Waals surface area contributed by atoms with Gasteiger partial charge in [0.25, 0.3) is 0 Å². The van der Waals surface area contributed by atoms with Crippen molar-refractivity contribution in [2.75, 3.05) is 6.54 Å². The lowest BCUT2D eigenvalue weighted by atomic mass is 10.2. The SMILES string of the molecule is CC(C)NC(=O)CCNCc1ccc(F)cc1Br. The third-order valence-electron chi connectivity index (χ3n) is 2.31. The molecule has 0 heterocycles. The smallest absolute Gasteiger partial charge is 0.221 e. The minimum Gasteiger partial charge on any atom is -0.354 e. The average Bonchev–Trinajstić information content (AvgIpc) is 2.25. The topological polar surface area (TPSA) is 41.1 Å². The maximum atomic E-state index is 12.9. The Bertz CT molecular complexity index is 410. The minimum absolute atomic E-state index is 0.0377. The number of hydrogen-bond acceptors (Lipinski definition) is 2. The van der Waals surface area contributed by atoms with Gasteiger partial charge in [-0.05, 0) is 31.5 Å². The molecular formula is C13H18BrFN2O. The quantitative estimate of drug-likeness (QED) is 0.792. The van der Waals surface area contributed by atoms with Crippen LogP contribution >= 0.6 is 15.9 Å². The van der Waals surface area contributed by atoms with Crippen LogP contribution in [0.15, 0.2) is 22.7 Å². The molecule has 1 aromatic rings. The van der Waals surface area contributed by atoms with Gasteiger partial charge in [-0.25, -0.2) is 4.39 Å². The van der Waals surface area contributed by atoms with Crippen LogP contribution in [0.1, 0.15) is 25.8 Å². The molecule has 0 atom stereocenters. The van der Waals surface area contributed by atoms with E-state index in [9.17, 15) is 9.18 Å². The van der Waals surface area contributed by atoms with Crippen molar-refractivity contribution in [3.05, 3.63) is 34.1 Å². The van der Waals surface area contributed by atoms with Crippen molar-refractivity contribution in [1.82, 2.24) is 10.6 Å². The van der Waals surface area contributed by atoms with E-state index in [2.05, 4.69) is 26.6 Å². The van der Waals surface area contributed by atoms with Gasteiger partial charge in [0.15, 0.2) is 0 Å². The summed E-state index contributed by atoms with van der Waals surface area (Å²) in [5.41, 5.74) is 0.973. The fourth-order valence-corrected chi connectivity index (χ4v) is 1.98. The second kappa shape index (κ2) is 7.48. The van der Waals surface area contributed by atoms with Gasteiger partial charge in [0, 0.05) is 30.0 Å². The molecule has 1 aromatic carbocycles. The lowest BCUT2D eigenvalue weighted by Gasteiger charge is -2.09. The molecule has 0 aromatic heterocycles. The number of nitrogens with one attached hydrogen (secondary N) is 2. The zero-order valence-electron chi connectivity index (χ0n) is 10.6. The molecule has 0 saturated carbocycles. The minimum atomic E-state index is -0.262. The normalized spacial score (nSPS) is 10.7. The van der Waals surface area contributed by atoms with Gasteiger partial charge >= 0.3 is 0 Å². The zero-order valence-corrected chi connectivity index (χ0v) is 12.2. The van der Waals surface area contributed by atoms with Crippen molar-refractivity contribution in [2.24, 2.45) is 0 Å². The van der Waals surface area contributed by atoms with Crippen LogP contribution in [0.2, 0.25) is 0 Å². The van der Waals surface area contributed by atoms with Gasteiger partial charge in [-0.3, -0.25) is 4.79 Å². The highest BCUT2D eigenvalue weighted by atomic mass is 79.9. The van der Waals surface area contributed by atoms with E-state index in [1.165, 1.54) is 12.1 Å². The highest BCUT2D eigenvalue weighted by molar-refractivity contribution is 9.10. The van der Waals surface area contributed by atoms with Crippen molar-refractivity contribution < 1.29 is 9.18 Å². The monoisotopic (exact) mass is 316 g/mol. The van der Waals surface area contributed by atoms with Crippen LogP contribution in [-0.4, -0.2) is 18.5 Å². The Morgan fingerprint density at radius 1 is 1.44 bits per heavy atom. The molecule has 0 aliphatic rings. The third-order valence-corrected chi connectivity index (χ3v) is 3.05. The van der Waals surface area contributed by atoms with Crippen LogP contribution in [0, 0.1) is 5.82 Å². The van der Waals surface area contributed by atoms with Crippen LogP contribution in [0.3, 0.4) is 0 Å². The van der Waals surface area contributed by atoms with E-state index < -0.39 is 0 Å². The van der Waals surface area contributed by atoms with E-state index >= 15 is 0 Å². The lowest BCUT2D eigenvalue weighted by Crippen LogP contribution is -2.32. The fourth-order valence-electron chi connectivity index (χ4n) is 1.48. The largest absolute Gasteiger partial charge is 0.354 e. The predicted octanol–water partition coefficient (Wildman–Crippen LogP) is 2.59. The Labute approximate surface area is 115 Å². The second-order valence-electron chi connectivity index (χ2n) is 4.38. The van der Waals surface area contributed by atoms with Crippen LogP contribution in [0.4, 0.5) is 4.39 Å². The molecule has 0 radical (unpaired) electrons. The molecule has 100 valence electrons. The molecule has 2 N–H and O–H groups in total. The van der Waals surface area contributed by atoms with Gasteiger partial charge in [0.1, 0.15) is 5.82 Å². The molecule has 0 unspecified atom stereocenters. The highest BCUT2D eigenvalue weighted by Gasteiger charge is 2.04. The molecule has 1 amide bonds. The first-order valence-corrected chi connectivity index (χ1v) is 6.72. The number of benzene rings is 1. The van der Waals surface area contributed by atoms with Gasteiger partial charge in [0.05, 0.1) is 0 Å². The van der Waals surface area contributed by atoms with Crippen molar-refractivity contribution in [1.29, 1.82) is 0 Å². The molecule has 0 bridgehead atoms. The third kappa shape index (κ3) is 5.60. The van der Waals surface area contributed by atoms with Crippen LogP contribution < -0.4 is 10.6 Å². The van der Waals surface area contributed by atoms with E-state index in [-0.39, 0.29) is 17.8 Å². The Morgan fingerprint density at radius 2 is 2.17 bits per heavy atom. The Kier molecular flexibility index (Phi) is 6.29. The number of carbonyl (C=O) groups is 1. The molecule has 3 nitrogen and oxygen atoms in total. The van der Waals surface area contributed by atoms with Gasteiger partial charge in [-0.2, -0.15) is 0 Å². The summed E-state index contributed by atoms with van der Waals surface area (Å²) in [6, 6.07) is 4.75. The molecule has 1 rings (SSSR count). The van der Waals surface area contributed by atoms with E-state index in [0.717, 1.165) is 10.0 Å². The first kappa shape index (κ1) is 15.1. The van der Waals surface area contributed by atoms with Gasteiger partial charge in [0.2, 0.25) is 5.91 Å². The first-order chi connectivity index (χ1) is 8.49. The summed E-state index contributed by atoms with van der Waals surface area (Å²) in [6.07, 6.45) is 0.441. The summed E-state index contributed by atoms with van der Waals surface area (Å²) in [6.45, 7) is 5.07. The van der Waals surface area contributed by atoms with E-state index in [1.54, 1.807) is 6.07 Å². The fraction of sp³-hybridized carbons (Fsp3) is 0.462. The summed E-state index contributed by atoms with van der Waals surface area (Å²) in [7, 11) is 0. The van der Waals surface area contributed by atoms with Crippen molar-refractivity contribution in [3.63, 3.8) is 0 Å². The summed E-state index contributed by atoms with van der Waals surface area (Å²) in [4.78, 5) is 11.4. The molecule has 0 saturated heterocycles. The standard InChI is InChI=1S/C13H18BrFN2O/c1-9(2)17-13(18)5-6-16-8-10-3-4-11(15)7-12(10)14/h3-4,7,9,16H,5-6,8H2,1-2H3,(H,17,18). The van der Waals surface area contributed by atoms with E-state index in [4.69, 9.17) is 0 Å². The summed E-state index contributed by atoms with van der Waals surface area (Å²) in [5, 5.41) is 5.98. The number of amides is 1. The molecule has 5 heteroatoms. The number of hydrogen-bond donors (Lipinski definition) is 2. The predicted molar refractivity (Wildman–Crippen MR) is 73.7 cm³/mol. The van der Waals surface area contributed by atoms with Gasteiger partial charge in [-0.15, -0.1) is 0 Å². The maximum Gasteiger partial charge on any atom is 0.221 e. The Hall–Kier alpha value is -0.940. The summed E-state index contributed by atoms with van der Waals surface area (Å²) < 4.78 is 13.6. The maximum absolute atomic E-state index is 12.9. The lowest BCUT2D eigenvalue weighted by molar-refractivity contribution is -0.121.